The molecule has 2 atom stereocenters. The molecular formula is C13H16Cl2O2. The van der Waals surface area contributed by atoms with Crippen molar-refractivity contribution < 1.29 is 9.53 Å². The summed E-state index contributed by atoms with van der Waals surface area (Å²) < 4.78 is 5.12. The number of benzene rings is 1. The number of carbonyl (C=O) groups is 1. The van der Waals surface area contributed by atoms with E-state index in [2.05, 4.69) is 0 Å². The molecule has 0 fully saturated rings. The molecule has 4 heteroatoms. The minimum atomic E-state index is -0.239. The van der Waals surface area contributed by atoms with Crippen LogP contribution in [0.25, 0.3) is 0 Å². The zero-order valence-electron chi connectivity index (χ0n) is 9.74. The van der Waals surface area contributed by atoms with Crippen molar-refractivity contribution in [2.45, 2.75) is 37.1 Å². The summed E-state index contributed by atoms with van der Waals surface area (Å²) in [6.45, 7) is 2.12. The molecular weight excluding hydrogens is 259 g/mol. The third-order valence-corrected chi connectivity index (χ3v) is 3.39. The maximum Gasteiger partial charge on any atom is 0.306 e. The van der Waals surface area contributed by atoms with Gasteiger partial charge in [-0.1, -0.05) is 30.3 Å². The summed E-state index contributed by atoms with van der Waals surface area (Å²) in [5, 5.41) is -0.334. The Morgan fingerprint density at radius 3 is 2.53 bits per heavy atom. The number of hydrogen-bond acceptors (Lipinski definition) is 2. The Hall–Kier alpha value is -0.730. The van der Waals surface area contributed by atoms with Crippen LogP contribution in [0.2, 0.25) is 0 Å². The van der Waals surface area contributed by atoms with E-state index in [1.807, 2.05) is 37.3 Å². The van der Waals surface area contributed by atoms with E-state index in [4.69, 9.17) is 27.9 Å². The van der Waals surface area contributed by atoms with Gasteiger partial charge < -0.3 is 4.74 Å². The van der Waals surface area contributed by atoms with E-state index in [0.29, 0.717) is 19.4 Å². The van der Waals surface area contributed by atoms with Crippen molar-refractivity contribution in [1.29, 1.82) is 0 Å². The van der Waals surface area contributed by atoms with Crippen LogP contribution in [0, 0.1) is 0 Å². The van der Waals surface area contributed by atoms with E-state index in [9.17, 15) is 4.79 Å². The van der Waals surface area contributed by atoms with Crippen LogP contribution in [0.4, 0.5) is 0 Å². The highest BCUT2D eigenvalue weighted by Crippen LogP contribution is 2.15. The quantitative estimate of drug-likeness (QED) is 0.584. The molecule has 0 aliphatic carbocycles. The highest BCUT2D eigenvalue weighted by atomic mass is 35.5. The molecule has 1 aromatic rings. The Morgan fingerprint density at radius 1 is 1.29 bits per heavy atom. The lowest BCUT2D eigenvalue weighted by Crippen LogP contribution is -2.14. The Kier molecular flexibility index (Phi) is 6.38. The van der Waals surface area contributed by atoms with Gasteiger partial charge in [-0.3, -0.25) is 4.79 Å². The smallest absolute Gasteiger partial charge is 0.306 e. The lowest BCUT2D eigenvalue weighted by atomic mass is 10.2. The standard InChI is InChI=1S/C13H16Cl2O2/c1-10(14)12(15)7-8-13(16)17-9-11-5-3-2-4-6-11/h2-6,10,12H,7-9H2,1H3/t10-,12-/m1/s1. The maximum absolute atomic E-state index is 11.4. The van der Waals surface area contributed by atoms with Crippen molar-refractivity contribution in [2.75, 3.05) is 0 Å². The molecule has 0 aliphatic rings. The lowest BCUT2D eigenvalue weighted by molar-refractivity contribution is -0.145. The minimum Gasteiger partial charge on any atom is -0.461 e. The maximum atomic E-state index is 11.4. The summed E-state index contributed by atoms with van der Waals surface area (Å²) in [7, 11) is 0. The van der Waals surface area contributed by atoms with Crippen LogP contribution in [0.3, 0.4) is 0 Å². The van der Waals surface area contributed by atoms with Gasteiger partial charge in [0.2, 0.25) is 0 Å². The monoisotopic (exact) mass is 274 g/mol. The van der Waals surface area contributed by atoms with Gasteiger partial charge in [-0.2, -0.15) is 0 Å². The second-order valence-corrected chi connectivity index (χ2v) is 5.13. The van der Waals surface area contributed by atoms with Gasteiger partial charge >= 0.3 is 5.97 Å². The van der Waals surface area contributed by atoms with E-state index in [0.717, 1.165) is 5.56 Å². The zero-order chi connectivity index (χ0) is 12.7. The molecule has 0 spiro atoms. The molecule has 1 aromatic carbocycles. The summed E-state index contributed by atoms with van der Waals surface area (Å²) in [5.41, 5.74) is 0.981. The highest BCUT2D eigenvalue weighted by Gasteiger charge is 2.14. The number of esters is 1. The third-order valence-electron chi connectivity index (χ3n) is 2.37. The second-order valence-electron chi connectivity index (χ2n) is 3.88. The number of ether oxygens (including phenoxy) is 1. The average molecular weight is 275 g/mol. The van der Waals surface area contributed by atoms with Gasteiger partial charge in [0.05, 0.1) is 5.38 Å². The van der Waals surface area contributed by atoms with Crippen LogP contribution in [0.1, 0.15) is 25.3 Å². The largest absolute Gasteiger partial charge is 0.461 e. The Morgan fingerprint density at radius 2 is 1.94 bits per heavy atom. The molecule has 0 aliphatic heterocycles. The van der Waals surface area contributed by atoms with E-state index >= 15 is 0 Å². The molecule has 17 heavy (non-hydrogen) atoms. The van der Waals surface area contributed by atoms with Crippen LogP contribution < -0.4 is 0 Å². The molecule has 0 heterocycles. The summed E-state index contributed by atoms with van der Waals surface area (Å²) in [4.78, 5) is 11.4. The predicted octanol–water partition coefficient (Wildman–Crippen LogP) is 3.74. The summed E-state index contributed by atoms with van der Waals surface area (Å²) in [6, 6.07) is 9.57. The van der Waals surface area contributed by atoms with Crippen molar-refractivity contribution in [3.05, 3.63) is 35.9 Å². The summed E-state index contributed by atoms with van der Waals surface area (Å²) in [6.07, 6.45) is 0.845. The van der Waals surface area contributed by atoms with E-state index in [1.165, 1.54) is 0 Å². The van der Waals surface area contributed by atoms with Crippen LogP contribution in [-0.4, -0.2) is 16.7 Å². The molecule has 2 nitrogen and oxygen atoms in total. The van der Waals surface area contributed by atoms with E-state index < -0.39 is 0 Å². The number of alkyl halides is 2. The minimum absolute atomic E-state index is 0.140. The number of hydrogen-bond donors (Lipinski definition) is 0. The fraction of sp³-hybridized carbons (Fsp3) is 0.462. The molecule has 94 valence electrons. The van der Waals surface area contributed by atoms with Crippen LogP contribution in [-0.2, 0) is 16.1 Å². The normalized spacial score (nSPS) is 14.1. The number of rotatable bonds is 6. The molecule has 0 N–H and O–H groups in total. The van der Waals surface area contributed by atoms with Crippen molar-refractivity contribution in [3.8, 4) is 0 Å². The molecule has 0 saturated heterocycles. The van der Waals surface area contributed by atoms with Gasteiger partial charge in [0.15, 0.2) is 0 Å². The van der Waals surface area contributed by atoms with E-state index in [-0.39, 0.29) is 16.7 Å². The van der Waals surface area contributed by atoms with Crippen molar-refractivity contribution in [1.82, 2.24) is 0 Å². The predicted molar refractivity (Wildman–Crippen MR) is 70.4 cm³/mol. The third kappa shape index (κ3) is 5.94. The van der Waals surface area contributed by atoms with E-state index in [1.54, 1.807) is 0 Å². The van der Waals surface area contributed by atoms with Gasteiger partial charge in [-0.15, -0.1) is 23.2 Å². The highest BCUT2D eigenvalue weighted by molar-refractivity contribution is 6.29. The first kappa shape index (κ1) is 14.3. The number of halogens is 2. The van der Waals surface area contributed by atoms with Gasteiger partial charge in [-0.25, -0.2) is 0 Å². The fourth-order valence-corrected chi connectivity index (χ4v) is 1.53. The Labute approximate surface area is 112 Å². The Balaban J connectivity index is 2.22. The van der Waals surface area contributed by atoms with Crippen LogP contribution >= 0.6 is 23.2 Å². The first-order valence-electron chi connectivity index (χ1n) is 5.57. The van der Waals surface area contributed by atoms with Crippen LogP contribution in [0.5, 0.6) is 0 Å². The van der Waals surface area contributed by atoms with Crippen molar-refractivity contribution in [2.24, 2.45) is 0 Å². The topological polar surface area (TPSA) is 26.3 Å². The summed E-state index contributed by atoms with van der Waals surface area (Å²) >= 11 is 11.7. The molecule has 0 bridgehead atoms. The molecule has 0 saturated carbocycles. The van der Waals surface area contributed by atoms with Gasteiger partial charge in [0.1, 0.15) is 6.61 Å². The molecule has 0 amide bonds. The van der Waals surface area contributed by atoms with Gasteiger partial charge in [-0.05, 0) is 18.9 Å². The lowest BCUT2D eigenvalue weighted by Gasteiger charge is -2.10. The molecule has 0 unspecified atom stereocenters. The molecule has 0 aromatic heterocycles. The van der Waals surface area contributed by atoms with Crippen molar-refractivity contribution >= 4 is 29.2 Å². The van der Waals surface area contributed by atoms with Crippen molar-refractivity contribution in [3.63, 3.8) is 0 Å². The SMILES string of the molecule is C[C@@H](Cl)[C@H](Cl)CCC(=O)OCc1ccccc1. The first-order chi connectivity index (χ1) is 8.09. The van der Waals surface area contributed by atoms with Gasteiger partial charge in [0, 0.05) is 11.8 Å². The van der Waals surface area contributed by atoms with Crippen LogP contribution in [0.15, 0.2) is 30.3 Å². The first-order valence-corrected chi connectivity index (χ1v) is 6.44. The summed E-state index contributed by atoms with van der Waals surface area (Å²) in [5.74, 6) is -0.239. The fourth-order valence-electron chi connectivity index (χ4n) is 1.30. The Bertz CT molecular complexity index is 339. The molecule has 0 radical (unpaired) electrons. The average Bonchev–Trinajstić information content (AvgIpc) is 2.34. The molecule has 1 rings (SSSR count). The zero-order valence-corrected chi connectivity index (χ0v) is 11.2. The number of carbonyl (C=O) groups excluding carboxylic acids is 1. The second kappa shape index (κ2) is 7.57. The van der Waals surface area contributed by atoms with Gasteiger partial charge in [0.25, 0.3) is 0 Å².